The highest BCUT2D eigenvalue weighted by molar-refractivity contribution is 5.18. The highest BCUT2D eigenvalue weighted by Crippen LogP contribution is 2.16. The van der Waals surface area contributed by atoms with Gasteiger partial charge in [-0.1, -0.05) is 35.5 Å². The lowest BCUT2D eigenvalue weighted by atomic mass is 10.1. The molecule has 1 unspecified atom stereocenters. The highest BCUT2D eigenvalue weighted by atomic mass is 16.5. The van der Waals surface area contributed by atoms with Crippen LogP contribution in [0.4, 0.5) is 0 Å². The van der Waals surface area contributed by atoms with Crippen LogP contribution in [0.1, 0.15) is 23.4 Å². The molecular weight excluding hydrogens is 230 g/mol. The molecule has 0 spiro atoms. The Morgan fingerprint density at radius 2 is 2.00 bits per heavy atom. The van der Waals surface area contributed by atoms with Gasteiger partial charge in [0.1, 0.15) is 0 Å². The topological polar surface area (TPSA) is 62.4 Å². The van der Waals surface area contributed by atoms with E-state index in [0.717, 1.165) is 5.56 Å². The molecule has 1 aromatic heterocycles. The summed E-state index contributed by atoms with van der Waals surface area (Å²) in [6.45, 7) is 0.630. The second-order valence-electron chi connectivity index (χ2n) is 4.47. The van der Waals surface area contributed by atoms with Gasteiger partial charge in [-0.05, 0) is 19.7 Å². The Labute approximate surface area is 106 Å². The first kappa shape index (κ1) is 12.7. The molecule has 0 radical (unpaired) electrons. The Kier molecular flexibility index (Phi) is 4.07. The Balaban J connectivity index is 1.99. The molecule has 1 heterocycles. The van der Waals surface area contributed by atoms with E-state index < -0.39 is 6.10 Å². The zero-order chi connectivity index (χ0) is 13.0. The molecule has 1 N–H and O–H groups in total. The summed E-state index contributed by atoms with van der Waals surface area (Å²) < 4.78 is 5.11. The number of hydrogen-bond acceptors (Lipinski definition) is 5. The molecule has 0 saturated heterocycles. The largest absolute Gasteiger partial charge is 0.388 e. The molecule has 18 heavy (non-hydrogen) atoms. The number of benzene rings is 1. The summed E-state index contributed by atoms with van der Waals surface area (Å²) in [6, 6.07) is 9.45. The van der Waals surface area contributed by atoms with E-state index in [1.54, 1.807) is 0 Å². The number of aliphatic hydroxyl groups excluding tert-OH is 1. The average molecular weight is 247 g/mol. The molecule has 0 amide bonds. The predicted molar refractivity (Wildman–Crippen MR) is 66.8 cm³/mol. The normalized spacial score (nSPS) is 12.9. The number of aliphatic hydroxyl groups is 1. The second-order valence-corrected chi connectivity index (χ2v) is 4.47. The molecule has 0 fully saturated rings. The van der Waals surface area contributed by atoms with Gasteiger partial charge in [0, 0.05) is 0 Å². The van der Waals surface area contributed by atoms with Crippen LogP contribution in [0.2, 0.25) is 0 Å². The van der Waals surface area contributed by atoms with Crippen LogP contribution in [0.25, 0.3) is 0 Å². The summed E-state index contributed by atoms with van der Waals surface area (Å²) in [7, 11) is 3.88. The van der Waals surface area contributed by atoms with Crippen LogP contribution >= 0.6 is 0 Å². The first-order valence-electron chi connectivity index (χ1n) is 5.84. The number of nitrogens with zero attached hydrogens (tertiary/aromatic N) is 3. The van der Waals surface area contributed by atoms with E-state index in [1.807, 2.05) is 49.3 Å². The predicted octanol–water partition coefficient (Wildman–Crippen LogP) is 1.41. The minimum Gasteiger partial charge on any atom is -0.388 e. The standard InChI is InChI=1S/C13H17N3O2/c1-16(2)9-12-14-13(18-15-12)8-11(17)10-6-4-3-5-7-10/h3-7,11,17H,8-9H2,1-2H3. The SMILES string of the molecule is CN(C)Cc1noc(CC(O)c2ccccc2)n1. The van der Waals surface area contributed by atoms with Gasteiger partial charge in [0.15, 0.2) is 5.82 Å². The molecule has 5 nitrogen and oxygen atoms in total. The van der Waals surface area contributed by atoms with Crippen LogP contribution in [-0.2, 0) is 13.0 Å². The maximum atomic E-state index is 10.0. The van der Waals surface area contributed by atoms with Crippen molar-refractivity contribution < 1.29 is 9.63 Å². The van der Waals surface area contributed by atoms with Crippen LogP contribution in [0, 0.1) is 0 Å². The summed E-state index contributed by atoms with van der Waals surface area (Å²) in [5, 5.41) is 13.9. The van der Waals surface area contributed by atoms with Gasteiger partial charge in [-0.15, -0.1) is 0 Å². The van der Waals surface area contributed by atoms with Crippen molar-refractivity contribution in [2.75, 3.05) is 14.1 Å². The fourth-order valence-corrected chi connectivity index (χ4v) is 1.68. The van der Waals surface area contributed by atoms with Crippen molar-refractivity contribution in [2.24, 2.45) is 0 Å². The van der Waals surface area contributed by atoms with Crippen molar-refractivity contribution in [1.82, 2.24) is 15.0 Å². The van der Waals surface area contributed by atoms with Gasteiger partial charge < -0.3 is 14.5 Å². The highest BCUT2D eigenvalue weighted by Gasteiger charge is 2.13. The quantitative estimate of drug-likeness (QED) is 0.865. The Bertz CT molecular complexity index is 482. The van der Waals surface area contributed by atoms with Crippen molar-refractivity contribution in [3.8, 4) is 0 Å². The van der Waals surface area contributed by atoms with E-state index in [-0.39, 0.29) is 0 Å². The minimum atomic E-state index is -0.612. The average Bonchev–Trinajstić information content (AvgIpc) is 2.76. The third kappa shape index (κ3) is 3.38. The molecule has 5 heteroatoms. The molecule has 2 rings (SSSR count). The van der Waals surface area contributed by atoms with Crippen molar-refractivity contribution in [1.29, 1.82) is 0 Å². The Morgan fingerprint density at radius 3 is 2.67 bits per heavy atom. The Morgan fingerprint density at radius 1 is 1.28 bits per heavy atom. The molecule has 96 valence electrons. The second kappa shape index (κ2) is 5.75. The van der Waals surface area contributed by atoms with E-state index in [1.165, 1.54) is 0 Å². The van der Waals surface area contributed by atoms with Crippen LogP contribution in [-0.4, -0.2) is 34.2 Å². The molecule has 0 saturated carbocycles. The lowest BCUT2D eigenvalue weighted by Crippen LogP contribution is -2.11. The van der Waals surface area contributed by atoms with Crippen LogP contribution in [0.5, 0.6) is 0 Å². The third-order valence-electron chi connectivity index (χ3n) is 2.52. The zero-order valence-corrected chi connectivity index (χ0v) is 10.6. The van der Waals surface area contributed by atoms with Crippen molar-refractivity contribution >= 4 is 0 Å². The van der Waals surface area contributed by atoms with Crippen molar-refractivity contribution in [3.63, 3.8) is 0 Å². The van der Waals surface area contributed by atoms with Gasteiger partial charge >= 0.3 is 0 Å². The monoisotopic (exact) mass is 247 g/mol. The summed E-state index contributed by atoms with van der Waals surface area (Å²) in [4.78, 5) is 6.20. The van der Waals surface area contributed by atoms with Gasteiger partial charge in [0.05, 0.1) is 19.1 Å². The molecule has 1 aromatic carbocycles. The van der Waals surface area contributed by atoms with Crippen LogP contribution < -0.4 is 0 Å². The Hall–Kier alpha value is -1.72. The molecule has 0 aliphatic rings. The molecule has 0 bridgehead atoms. The molecule has 1 atom stereocenters. The summed E-state index contributed by atoms with van der Waals surface area (Å²) >= 11 is 0. The molecular formula is C13H17N3O2. The van der Waals surface area contributed by atoms with Gasteiger partial charge in [-0.25, -0.2) is 0 Å². The molecule has 0 aliphatic heterocycles. The number of rotatable bonds is 5. The lowest BCUT2D eigenvalue weighted by molar-refractivity contribution is 0.164. The fourth-order valence-electron chi connectivity index (χ4n) is 1.68. The maximum Gasteiger partial charge on any atom is 0.229 e. The smallest absolute Gasteiger partial charge is 0.229 e. The van der Waals surface area contributed by atoms with Gasteiger partial charge in [-0.3, -0.25) is 0 Å². The van der Waals surface area contributed by atoms with Gasteiger partial charge in [-0.2, -0.15) is 4.98 Å². The van der Waals surface area contributed by atoms with E-state index in [2.05, 4.69) is 10.1 Å². The van der Waals surface area contributed by atoms with E-state index in [4.69, 9.17) is 4.52 Å². The number of aromatic nitrogens is 2. The number of hydrogen-bond donors (Lipinski definition) is 1. The van der Waals surface area contributed by atoms with E-state index in [0.29, 0.717) is 24.7 Å². The summed E-state index contributed by atoms with van der Waals surface area (Å²) in [5.74, 6) is 1.10. The van der Waals surface area contributed by atoms with Crippen LogP contribution in [0.3, 0.4) is 0 Å². The van der Waals surface area contributed by atoms with Gasteiger partial charge in [0.2, 0.25) is 5.89 Å². The lowest BCUT2D eigenvalue weighted by Gasteiger charge is -2.07. The van der Waals surface area contributed by atoms with Crippen molar-refractivity contribution in [3.05, 3.63) is 47.6 Å². The fraction of sp³-hybridized carbons (Fsp3) is 0.385. The van der Waals surface area contributed by atoms with Crippen LogP contribution in [0.15, 0.2) is 34.9 Å². The third-order valence-corrected chi connectivity index (χ3v) is 2.52. The maximum absolute atomic E-state index is 10.0. The first-order valence-corrected chi connectivity index (χ1v) is 5.84. The van der Waals surface area contributed by atoms with Crippen molar-refractivity contribution in [2.45, 2.75) is 19.1 Å². The molecule has 0 aliphatic carbocycles. The summed E-state index contributed by atoms with van der Waals surface area (Å²) in [5.41, 5.74) is 0.852. The van der Waals surface area contributed by atoms with E-state index in [9.17, 15) is 5.11 Å². The summed E-state index contributed by atoms with van der Waals surface area (Å²) in [6.07, 6.45) is -0.274. The van der Waals surface area contributed by atoms with Gasteiger partial charge in [0.25, 0.3) is 0 Å². The first-order chi connectivity index (χ1) is 8.65. The molecule has 2 aromatic rings. The minimum absolute atomic E-state index is 0.338. The van der Waals surface area contributed by atoms with E-state index >= 15 is 0 Å². The zero-order valence-electron chi connectivity index (χ0n) is 10.6.